The van der Waals surface area contributed by atoms with Gasteiger partial charge in [0.1, 0.15) is 10.7 Å². The standard InChI is InChI=1S/C17H21N3O2S/c1-18-23(21,22)15-7-8-16(19-12-15)20-13-17(9-10-17)11-14-5-3-2-4-6-14/h2-8,12,18H,9-11,13H2,1H3,(H,19,20). The van der Waals surface area contributed by atoms with Crippen LogP contribution in [0.4, 0.5) is 5.82 Å². The Hall–Kier alpha value is -1.92. The molecule has 6 heteroatoms. The highest BCUT2D eigenvalue weighted by Gasteiger charge is 2.42. The van der Waals surface area contributed by atoms with Crippen LogP contribution in [0.2, 0.25) is 0 Å². The fraction of sp³-hybridized carbons (Fsp3) is 0.353. The summed E-state index contributed by atoms with van der Waals surface area (Å²) in [4.78, 5) is 4.38. The summed E-state index contributed by atoms with van der Waals surface area (Å²) < 4.78 is 25.6. The number of rotatable bonds is 7. The van der Waals surface area contributed by atoms with Crippen molar-refractivity contribution < 1.29 is 8.42 Å². The van der Waals surface area contributed by atoms with E-state index in [1.54, 1.807) is 12.1 Å². The van der Waals surface area contributed by atoms with Crippen LogP contribution in [0.1, 0.15) is 18.4 Å². The van der Waals surface area contributed by atoms with Gasteiger partial charge in [-0.2, -0.15) is 0 Å². The zero-order valence-electron chi connectivity index (χ0n) is 13.1. The van der Waals surface area contributed by atoms with E-state index in [1.165, 1.54) is 31.6 Å². The molecule has 3 rings (SSSR count). The molecular weight excluding hydrogens is 310 g/mol. The molecule has 1 aliphatic rings. The second-order valence-corrected chi connectivity index (χ2v) is 7.99. The second-order valence-electron chi connectivity index (χ2n) is 6.10. The first kappa shape index (κ1) is 16.0. The average molecular weight is 331 g/mol. The number of hydrogen-bond donors (Lipinski definition) is 2. The van der Waals surface area contributed by atoms with E-state index in [0.717, 1.165) is 13.0 Å². The highest BCUT2D eigenvalue weighted by atomic mass is 32.2. The normalized spacial score (nSPS) is 16.0. The Morgan fingerprint density at radius 3 is 2.43 bits per heavy atom. The zero-order valence-corrected chi connectivity index (χ0v) is 13.9. The molecule has 1 saturated carbocycles. The van der Waals surface area contributed by atoms with Crippen LogP contribution in [0.15, 0.2) is 53.6 Å². The summed E-state index contributed by atoms with van der Waals surface area (Å²) >= 11 is 0. The Bertz CT molecular complexity index is 754. The Morgan fingerprint density at radius 1 is 1.13 bits per heavy atom. The number of nitrogens with zero attached hydrogens (tertiary/aromatic N) is 1. The van der Waals surface area contributed by atoms with E-state index in [9.17, 15) is 8.42 Å². The summed E-state index contributed by atoms with van der Waals surface area (Å²) in [6.45, 7) is 0.854. The quantitative estimate of drug-likeness (QED) is 0.817. The molecule has 0 saturated heterocycles. The van der Waals surface area contributed by atoms with Crippen LogP contribution in [0.25, 0.3) is 0 Å². The van der Waals surface area contributed by atoms with Gasteiger partial charge in [-0.25, -0.2) is 18.1 Å². The van der Waals surface area contributed by atoms with Gasteiger partial charge in [0.05, 0.1) is 0 Å². The Labute approximate surface area is 137 Å². The Balaban J connectivity index is 1.60. The molecule has 0 unspecified atom stereocenters. The molecule has 1 aliphatic carbocycles. The monoisotopic (exact) mass is 331 g/mol. The van der Waals surface area contributed by atoms with Gasteiger partial charge in [0.15, 0.2) is 0 Å². The molecule has 23 heavy (non-hydrogen) atoms. The second kappa shape index (κ2) is 6.29. The van der Waals surface area contributed by atoms with E-state index in [4.69, 9.17) is 0 Å². The van der Waals surface area contributed by atoms with Crippen molar-refractivity contribution in [2.45, 2.75) is 24.2 Å². The van der Waals surface area contributed by atoms with Crippen molar-refractivity contribution in [2.24, 2.45) is 5.41 Å². The van der Waals surface area contributed by atoms with Gasteiger partial charge in [-0.05, 0) is 49.4 Å². The highest BCUT2D eigenvalue weighted by molar-refractivity contribution is 7.89. The lowest BCUT2D eigenvalue weighted by molar-refractivity contribution is 0.537. The number of anilines is 1. The van der Waals surface area contributed by atoms with Gasteiger partial charge >= 0.3 is 0 Å². The van der Waals surface area contributed by atoms with E-state index in [-0.39, 0.29) is 4.90 Å². The maximum absolute atomic E-state index is 11.7. The van der Waals surface area contributed by atoms with Crippen LogP contribution < -0.4 is 10.0 Å². The van der Waals surface area contributed by atoms with Crippen molar-refractivity contribution in [3.63, 3.8) is 0 Å². The molecule has 1 aromatic carbocycles. The average Bonchev–Trinajstić information content (AvgIpc) is 3.34. The first-order chi connectivity index (χ1) is 11.0. The van der Waals surface area contributed by atoms with Crippen LogP contribution in [0.5, 0.6) is 0 Å². The van der Waals surface area contributed by atoms with Crippen molar-refractivity contribution in [2.75, 3.05) is 18.9 Å². The van der Waals surface area contributed by atoms with Crippen molar-refractivity contribution in [3.05, 3.63) is 54.2 Å². The number of sulfonamides is 1. The Morgan fingerprint density at radius 2 is 1.87 bits per heavy atom. The van der Waals surface area contributed by atoms with Gasteiger partial charge in [-0.1, -0.05) is 30.3 Å². The molecule has 0 amide bonds. The number of nitrogens with one attached hydrogen (secondary N) is 2. The van der Waals surface area contributed by atoms with Gasteiger partial charge in [-0.3, -0.25) is 0 Å². The molecule has 1 heterocycles. The van der Waals surface area contributed by atoms with E-state index in [0.29, 0.717) is 11.2 Å². The zero-order chi connectivity index (χ0) is 16.3. The Kier molecular flexibility index (Phi) is 4.37. The molecule has 0 aliphatic heterocycles. The van der Waals surface area contributed by atoms with Crippen LogP contribution in [0, 0.1) is 5.41 Å². The van der Waals surface area contributed by atoms with E-state index in [2.05, 4.69) is 39.3 Å². The third-order valence-electron chi connectivity index (χ3n) is 4.34. The summed E-state index contributed by atoms with van der Waals surface area (Å²) in [5, 5.41) is 3.34. The van der Waals surface area contributed by atoms with Gasteiger partial charge in [-0.15, -0.1) is 0 Å². The third-order valence-corrected chi connectivity index (χ3v) is 5.74. The van der Waals surface area contributed by atoms with Crippen LogP contribution in [0.3, 0.4) is 0 Å². The van der Waals surface area contributed by atoms with Crippen LogP contribution in [-0.2, 0) is 16.4 Å². The highest BCUT2D eigenvalue weighted by Crippen LogP contribution is 2.48. The third kappa shape index (κ3) is 3.89. The van der Waals surface area contributed by atoms with Crippen molar-refractivity contribution in [1.82, 2.24) is 9.71 Å². The smallest absolute Gasteiger partial charge is 0.241 e. The van der Waals surface area contributed by atoms with E-state index < -0.39 is 10.0 Å². The lowest BCUT2D eigenvalue weighted by Gasteiger charge is -2.16. The minimum Gasteiger partial charge on any atom is -0.370 e. The number of hydrogen-bond acceptors (Lipinski definition) is 4. The van der Waals surface area contributed by atoms with Gasteiger partial charge in [0, 0.05) is 12.7 Å². The number of pyridine rings is 1. The summed E-state index contributed by atoms with van der Waals surface area (Å²) in [5.41, 5.74) is 1.66. The molecule has 0 radical (unpaired) electrons. The van der Waals surface area contributed by atoms with Gasteiger partial charge in [0.2, 0.25) is 10.0 Å². The molecule has 0 atom stereocenters. The summed E-state index contributed by atoms with van der Waals surface area (Å²) in [7, 11) is -2.04. The predicted octanol–water partition coefficient (Wildman–Crippen LogP) is 2.42. The van der Waals surface area contributed by atoms with Crippen LogP contribution in [-0.4, -0.2) is 27.0 Å². The fourth-order valence-corrected chi connectivity index (χ4v) is 3.34. The lowest BCUT2D eigenvalue weighted by Crippen LogP contribution is -2.20. The minimum atomic E-state index is -3.43. The molecule has 122 valence electrons. The molecular formula is C17H21N3O2S. The topological polar surface area (TPSA) is 71.1 Å². The maximum Gasteiger partial charge on any atom is 0.241 e. The minimum absolute atomic E-state index is 0.177. The number of benzene rings is 1. The van der Waals surface area contributed by atoms with E-state index in [1.807, 2.05) is 6.07 Å². The summed E-state index contributed by atoms with van der Waals surface area (Å²) in [6, 6.07) is 13.8. The van der Waals surface area contributed by atoms with Crippen molar-refractivity contribution >= 4 is 15.8 Å². The fourth-order valence-electron chi connectivity index (χ4n) is 2.66. The molecule has 2 N–H and O–H groups in total. The van der Waals surface area contributed by atoms with E-state index >= 15 is 0 Å². The largest absolute Gasteiger partial charge is 0.370 e. The molecule has 1 fully saturated rings. The molecule has 5 nitrogen and oxygen atoms in total. The predicted molar refractivity (Wildman–Crippen MR) is 90.8 cm³/mol. The van der Waals surface area contributed by atoms with Crippen molar-refractivity contribution in [1.29, 1.82) is 0 Å². The van der Waals surface area contributed by atoms with Gasteiger partial charge in [0.25, 0.3) is 0 Å². The summed E-state index contributed by atoms with van der Waals surface area (Å²) in [5.74, 6) is 0.708. The lowest BCUT2D eigenvalue weighted by atomic mass is 9.96. The maximum atomic E-state index is 11.7. The van der Waals surface area contributed by atoms with Crippen molar-refractivity contribution in [3.8, 4) is 0 Å². The molecule has 2 aromatic rings. The molecule has 0 bridgehead atoms. The number of aromatic nitrogens is 1. The summed E-state index contributed by atoms with van der Waals surface area (Å²) in [6.07, 6.45) is 4.86. The molecule has 0 spiro atoms. The first-order valence-corrected chi connectivity index (χ1v) is 9.19. The molecule has 1 aromatic heterocycles. The first-order valence-electron chi connectivity index (χ1n) is 7.70. The van der Waals surface area contributed by atoms with Crippen LogP contribution >= 0.6 is 0 Å². The van der Waals surface area contributed by atoms with Gasteiger partial charge < -0.3 is 5.32 Å². The SMILES string of the molecule is CNS(=O)(=O)c1ccc(NCC2(Cc3ccccc3)CC2)nc1.